The van der Waals surface area contributed by atoms with Crippen LogP contribution in [0.3, 0.4) is 0 Å². The zero-order chi connectivity index (χ0) is 17.9. The summed E-state index contributed by atoms with van der Waals surface area (Å²) in [6, 6.07) is 6.19. The molecule has 2 aromatic rings. The van der Waals surface area contributed by atoms with Gasteiger partial charge < -0.3 is 10.2 Å². The summed E-state index contributed by atoms with van der Waals surface area (Å²) in [7, 11) is 0. The van der Waals surface area contributed by atoms with E-state index >= 15 is 0 Å². The van der Waals surface area contributed by atoms with Gasteiger partial charge in [0.25, 0.3) is 0 Å². The minimum absolute atomic E-state index is 0.0169. The van der Waals surface area contributed by atoms with Crippen molar-refractivity contribution in [3.05, 3.63) is 58.9 Å². The molecule has 1 atom stereocenters. The second-order valence-electron chi connectivity index (χ2n) is 7.03. The van der Waals surface area contributed by atoms with E-state index in [1.54, 1.807) is 12.1 Å². The molecule has 0 spiro atoms. The number of halogens is 1. The van der Waals surface area contributed by atoms with Crippen LogP contribution in [-0.4, -0.2) is 33.9 Å². The Balaban J connectivity index is 1.55. The molecule has 0 unspecified atom stereocenters. The van der Waals surface area contributed by atoms with E-state index in [1.807, 2.05) is 11.1 Å². The molecule has 1 aromatic heterocycles. The van der Waals surface area contributed by atoms with Crippen molar-refractivity contribution in [2.75, 3.05) is 13.1 Å². The minimum Gasteiger partial charge on any atom is -0.332 e. The van der Waals surface area contributed by atoms with E-state index < -0.39 is 0 Å². The van der Waals surface area contributed by atoms with E-state index in [0.717, 1.165) is 55.9 Å². The highest BCUT2D eigenvalue weighted by atomic mass is 19.1. The molecule has 5 nitrogen and oxygen atoms in total. The molecule has 0 bridgehead atoms. The molecule has 1 saturated heterocycles. The summed E-state index contributed by atoms with van der Waals surface area (Å²) in [4.78, 5) is 24.1. The Kier molecular flexibility index (Phi) is 4.93. The number of nitrogens with zero attached hydrogens (tertiary/aromatic N) is 3. The monoisotopic (exact) mass is 354 g/mol. The Bertz CT molecular complexity index is 810. The van der Waals surface area contributed by atoms with Gasteiger partial charge in [-0.15, -0.1) is 0 Å². The summed E-state index contributed by atoms with van der Waals surface area (Å²) in [5, 5.41) is 3.32. The Hall–Kier alpha value is -2.34. The third kappa shape index (κ3) is 3.60. The summed E-state index contributed by atoms with van der Waals surface area (Å²) >= 11 is 0. The summed E-state index contributed by atoms with van der Waals surface area (Å²) in [5.41, 5.74) is 2.95. The van der Waals surface area contributed by atoms with Gasteiger partial charge in [-0.25, -0.2) is 14.4 Å². The van der Waals surface area contributed by atoms with Gasteiger partial charge in [0.2, 0.25) is 5.91 Å². The molecule has 1 fully saturated rings. The largest absolute Gasteiger partial charge is 0.332 e. The van der Waals surface area contributed by atoms with Gasteiger partial charge in [-0.1, -0.05) is 12.1 Å². The van der Waals surface area contributed by atoms with Crippen LogP contribution in [-0.2, 0) is 24.2 Å². The lowest BCUT2D eigenvalue weighted by Crippen LogP contribution is -2.40. The lowest BCUT2D eigenvalue weighted by atomic mass is 9.99. The van der Waals surface area contributed by atoms with E-state index in [0.29, 0.717) is 12.1 Å². The molecule has 1 N–H and O–H groups in total. The highest BCUT2D eigenvalue weighted by Gasteiger charge is 2.30. The molecular weight excluding hydrogens is 331 g/mol. The fourth-order valence-electron chi connectivity index (χ4n) is 3.83. The van der Waals surface area contributed by atoms with Crippen LogP contribution in [0.25, 0.3) is 0 Å². The highest BCUT2D eigenvalue weighted by molar-refractivity contribution is 5.79. The quantitative estimate of drug-likeness (QED) is 0.920. The molecule has 0 saturated carbocycles. The van der Waals surface area contributed by atoms with E-state index in [-0.39, 0.29) is 24.2 Å². The Morgan fingerprint density at radius 3 is 3.15 bits per heavy atom. The van der Waals surface area contributed by atoms with Gasteiger partial charge in [-0.3, -0.25) is 4.79 Å². The molecule has 0 radical (unpaired) electrons. The fraction of sp³-hybridized carbons (Fsp3) is 0.450. The molecular formula is C20H23FN4O. The number of amides is 1. The van der Waals surface area contributed by atoms with Crippen LogP contribution in [0.2, 0.25) is 0 Å². The van der Waals surface area contributed by atoms with E-state index in [9.17, 15) is 9.18 Å². The molecule has 6 heteroatoms. The first-order valence-electron chi connectivity index (χ1n) is 9.30. The topological polar surface area (TPSA) is 58.1 Å². The number of likely N-dealkylation sites (tertiary alicyclic amines) is 1. The Morgan fingerprint density at radius 2 is 2.27 bits per heavy atom. The predicted molar refractivity (Wildman–Crippen MR) is 95.9 cm³/mol. The van der Waals surface area contributed by atoms with Crippen molar-refractivity contribution in [1.29, 1.82) is 0 Å². The SMILES string of the molecule is O=C(Cc1cccc(F)c1)N1CCCC[C@@H]1c1ncc2c(n1)CCNC2. The molecule has 1 aromatic carbocycles. The number of nitrogens with one attached hydrogen (secondary N) is 1. The third-order valence-electron chi connectivity index (χ3n) is 5.19. The number of rotatable bonds is 3. The molecule has 0 aliphatic carbocycles. The number of hydrogen-bond acceptors (Lipinski definition) is 4. The standard InChI is InChI=1S/C20H23FN4O/c21-16-5-3-4-14(10-16)11-19(26)25-9-2-1-6-18(25)20-23-13-15-12-22-8-7-17(15)24-20/h3-5,10,13,18,22H,1-2,6-9,11-12H2/t18-/m1/s1. The van der Waals surface area contributed by atoms with Crippen molar-refractivity contribution in [2.45, 2.75) is 44.7 Å². The zero-order valence-electron chi connectivity index (χ0n) is 14.7. The van der Waals surface area contributed by atoms with Gasteiger partial charge in [0.1, 0.15) is 5.82 Å². The zero-order valence-corrected chi connectivity index (χ0v) is 14.7. The minimum atomic E-state index is -0.308. The first-order chi connectivity index (χ1) is 12.7. The van der Waals surface area contributed by atoms with Crippen molar-refractivity contribution < 1.29 is 9.18 Å². The van der Waals surface area contributed by atoms with Crippen LogP contribution in [0.15, 0.2) is 30.5 Å². The number of fused-ring (bicyclic) bond motifs is 1. The van der Waals surface area contributed by atoms with E-state index in [4.69, 9.17) is 4.98 Å². The van der Waals surface area contributed by atoms with Gasteiger partial charge in [0, 0.05) is 43.5 Å². The molecule has 2 aliphatic heterocycles. The highest BCUT2D eigenvalue weighted by Crippen LogP contribution is 2.30. The Morgan fingerprint density at radius 1 is 1.35 bits per heavy atom. The summed E-state index contributed by atoms with van der Waals surface area (Å²) in [6.45, 7) is 2.44. The van der Waals surface area contributed by atoms with Crippen molar-refractivity contribution in [2.24, 2.45) is 0 Å². The van der Waals surface area contributed by atoms with Crippen LogP contribution in [0.5, 0.6) is 0 Å². The maximum absolute atomic E-state index is 13.4. The van der Waals surface area contributed by atoms with Gasteiger partial charge >= 0.3 is 0 Å². The molecule has 4 rings (SSSR count). The maximum Gasteiger partial charge on any atom is 0.227 e. The fourth-order valence-corrected chi connectivity index (χ4v) is 3.83. The number of hydrogen-bond donors (Lipinski definition) is 1. The second-order valence-corrected chi connectivity index (χ2v) is 7.03. The molecule has 26 heavy (non-hydrogen) atoms. The lowest BCUT2D eigenvalue weighted by molar-refractivity contribution is -0.134. The van der Waals surface area contributed by atoms with Crippen molar-refractivity contribution >= 4 is 5.91 Å². The number of benzene rings is 1. The molecule has 1 amide bonds. The van der Waals surface area contributed by atoms with Crippen LogP contribution >= 0.6 is 0 Å². The van der Waals surface area contributed by atoms with E-state index in [2.05, 4.69) is 10.3 Å². The third-order valence-corrected chi connectivity index (χ3v) is 5.19. The summed E-state index contributed by atoms with van der Waals surface area (Å²) < 4.78 is 13.4. The normalized spacial score (nSPS) is 19.9. The van der Waals surface area contributed by atoms with Crippen LogP contribution in [0, 0.1) is 5.82 Å². The van der Waals surface area contributed by atoms with Crippen molar-refractivity contribution in [3.63, 3.8) is 0 Å². The second kappa shape index (κ2) is 7.50. The lowest BCUT2D eigenvalue weighted by Gasteiger charge is -2.35. The average molecular weight is 354 g/mol. The van der Waals surface area contributed by atoms with Crippen LogP contribution in [0.4, 0.5) is 4.39 Å². The van der Waals surface area contributed by atoms with Gasteiger partial charge in [-0.05, 0) is 37.0 Å². The van der Waals surface area contributed by atoms with Crippen LogP contribution < -0.4 is 5.32 Å². The van der Waals surface area contributed by atoms with Crippen molar-refractivity contribution in [3.8, 4) is 0 Å². The van der Waals surface area contributed by atoms with Gasteiger partial charge in [0.05, 0.1) is 12.5 Å². The molecule has 3 heterocycles. The first-order valence-corrected chi connectivity index (χ1v) is 9.30. The molecule has 136 valence electrons. The predicted octanol–water partition coefficient (Wildman–Crippen LogP) is 2.56. The van der Waals surface area contributed by atoms with Crippen molar-refractivity contribution in [1.82, 2.24) is 20.2 Å². The average Bonchev–Trinajstić information content (AvgIpc) is 2.67. The van der Waals surface area contributed by atoms with E-state index in [1.165, 1.54) is 12.1 Å². The number of carbonyl (C=O) groups is 1. The number of piperidine rings is 1. The van der Waals surface area contributed by atoms with Crippen LogP contribution in [0.1, 0.15) is 47.9 Å². The van der Waals surface area contributed by atoms with Gasteiger partial charge in [0.15, 0.2) is 5.82 Å². The Labute approximate surface area is 152 Å². The number of aromatic nitrogens is 2. The summed E-state index contributed by atoms with van der Waals surface area (Å²) in [6.07, 6.45) is 5.94. The smallest absolute Gasteiger partial charge is 0.227 e. The molecule has 2 aliphatic rings. The van der Waals surface area contributed by atoms with Gasteiger partial charge in [-0.2, -0.15) is 0 Å². The number of carbonyl (C=O) groups excluding carboxylic acids is 1. The maximum atomic E-state index is 13.4. The first kappa shape index (κ1) is 17.1. The summed E-state index contributed by atoms with van der Waals surface area (Å²) in [5.74, 6) is 0.457.